The molecule has 1 aliphatic heterocycles. The van der Waals surface area contributed by atoms with Gasteiger partial charge in [-0.1, -0.05) is 28.9 Å². The van der Waals surface area contributed by atoms with E-state index in [4.69, 9.17) is 16.1 Å². The van der Waals surface area contributed by atoms with Crippen LogP contribution in [0.3, 0.4) is 0 Å². The Balaban J connectivity index is 1.54. The summed E-state index contributed by atoms with van der Waals surface area (Å²) >= 11 is 5.89. The fourth-order valence-electron chi connectivity index (χ4n) is 3.13. The number of halogens is 5. The number of anilines is 1. The van der Waals surface area contributed by atoms with Crippen LogP contribution >= 0.6 is 11.6 Å². The minimum Gasteiger partial charge on any atom is -0.339 e. The van der Waals surface area contributed by atoms with Gasteiger partial charge in [0, 0.05) is 23.6 Å². The van der Waals surface area contributed by atoms with E-state index in [-0.39, 0.29) is 36.3 Å². The molecule has 0 aliphatic carbocycles. The summed E-state index contributed by atoms with van der Waals surface area (Å²) in [6.45, 7) is 0.116. The van der Waals surface area contributed by atoms with Gasteiger partial charge in [-0.2, -0.15) is 18.2 Å². The second-order valence-electron chi connectivity index (χ2n) is 6.53. The van der Waals surface area contributed by atoms with Crippen molar-refractivity contribution in [1.29, 1.82) is 0 Å². The highest BCUT2D eigenvalue weighted by Gasteiger charge is 2.36. The third-order valence-corrected chi connectivity index (χ3v) is 4.82. The molecule has 0 N–H and O–H groups in total. The first-order valence-corrected chi connectivity index (χ1v) is 8.87. The lowest BCUT2D eigenvalue weighted by Gasteiger charge is -2.17. The number of amides is 1. The number of rotatable bonds is 3. The molecule has 0 spiro atoms. The highest BCUT2D eigenvalue weighted by atomic mass is 35.5. The van der Waals surface area contributed by atoms with Crippen LogP contribution in [0, 0.1) is 5.82 Å². The van der Waals surface area contributed by atoms with Crippen molar-refractivity contribution < 1.29 is 26.9 Å². The Morgan fingerprint density at radius 3 is 2.55 bits per heavy atom. The number of aromatic nitrogens is 2. The molecule has 1 atom stereocenters. The monoisotopic (exact) mass is 425 g/mol. The Morgan fingerprint density at radius 1 is 1.14 bits per heavy atom. The summed E-state index contributed by atoms with van der Waals surface area (Å²) in [5.41, 5.74) is -0.381. The molecule has 1 aliphatic rings. The van der Waals surface area contributed by atoms with E-state index in [2.05, 4.69) is 10.1 Å². The molecule has 1 saturated heterocycles. The van der Waals surface area contributed by atoms with Gasteiger partial charge in [0.1, 0.15) is 5.82 Å². The zero-order valence-corrected chi connectivity index (χ0v) is 15.3. The van der Waals surface area contributed by atoms with Crippen LogP contribution in [0.2, 0.25) is 5.02 Å². The molecule has 0 radical (unpaired) electrons. The molecule has 10 heteroatoms. The molecule has 2 heterocycles. The smallest absolute Gasteiger partial charge is 0.339 e. The van der Waals surface area contributed by atoms with Crippen molar-refractivity contribution in [3.8, 4) is 11.4 Å². The summed E-state index contributed by atoms with van der Waals surface area (Å²) in [7, 11) is 0. The molecule has 2 aromatic carbocycles. The van der Waals surface area contributed by atoms with E-state index >= 15 is 0 Å². The van der Waals surface area contributed by atoms with Crippen LogP contribution in [0.1, 0.15) is 23.8 Å². The molecule has 1 unspecified atom stereocenters. The SMILES string of the molecule is O=C1CC(c2nc(-c3ccc(C(F)(F)F)cc3)no2)CN1c1cc(Cl)ccc1F. The number of carbonyl (C=O) groups is 1. The standard InChI is InChI=1S/C19H12ClF4N3O2/c20-13-5-6-14(21)15(8-13)27-9-11(7-16(27)28)18-25-17(26-29-18)10-1-3-12(4-2-10)19(22,23)24/h1-6,8,11H,7,9H2. The Morgan fingerprint density at radius 2 is 1.86 bits per heavy atom. The van der Waals surface area contributed by atoms with Crippen molar-refractivity contribution in [3.63, 3.8) is 0 Å². The van der Waals surface area contributed by atoms with E-state index in [0.717, 1.165) is 12.1 Å². The van der Waals surface area contributed by atoms with E-state index < -0.39 is 23.5 Å². The number of carbonyl (C=O) groups excluding carboxylic acids is 1. The quantitative estimate of drug-likeness (QED) is 0.550. The molecule has 0 bridgehead atoms. The normalized spacial score (nSPS) is 17.2. The summed E-state index contributed by atoms with van der Waals surface area (Å²) in [5, 5.41) is 4.08. The molecule has 150 valence electrons. The third kappa shape index (κ3) is 3.82. The molecule has 1 fully saturated rings. The lowest BCUT2D eigenvalue weighted by atomic mass is 10.1. The minimum absolute atomic E-state index is 0.0284. The second kappa shape index (κ2) is 7.14. The number of hydrogen-bond acceptors (Lipinski definition) is 4. The van der Waals surface area contributed by atoms with Crippen molar-refractivity contribution >= 4 is 23.2 Å². The predicted molar refractivity (Wildman–Crippen MR) is 95.9 cm³/mol. The molecular formula is C19H12ClF4N3O2. The first kappa shape index (κ1) is 19.4. The number of hydrogen-bond donors (Lipinski definition) is 0. The summed E-state index contributed by atoms with van der Waals surface area (Å²) in [6, 6.07) is 8.25. The fraction of sp³-hybridized carbons (Fsp3) is 0.211. The van der Waals surface area contributed by atoms with Gasteiger partial charge < -0.3 is 9.42 Å². The van der Waals surface area contributed by atoms with Gasteiger partial charge in [-0.05, 0) is 30.3 Å². The van der Waals surface area contributed by atoms with Crippen LogP contribution < -0.4 is 4.90 Å². The Bertz CT molecular complexity index is 1070. The van der Waals surface area contributed by atoms with Crippen molar-refractivity contribution in [3.05, 3.63) is 64.8 Å². The van der Waals surface area contributed by atoms with Gasteiger partial charge in [0.15, 0.2) is 0 Å². The first-order valence-electron chi connectivity index (χ1n) is 8.49. The first-order chi connectivity index (χ1) is 13.7. The highest BCUT2D eigenvalue weighted by molar-refractivity contribution is 6.31. The van der Waals surface area contributed by atoms with E-state index in [1.807, 2.05) is 0 Å². The minimum atomic E-state index is -4.44. The molecule has 4 rings (SSSR count). The Kier molecular flexibility index (Phi) is 4.77. The summed E-state index contributed by atoms with van der Waals surface area (Å²) < 4.78 is 57.3. The van der Waals surface area contributed by atoms with Gasteiger partial charge >= 0.3 is 6.18 Å². The van der Waals surface area contributed by atoms with Crippen LogP contribution in [0.15, 0.2) is 47.0 Å². The molecule has 5 nitrogen and oxygen atoms in total. The number of benzene rings is 2. The van der Waals surface area contributed by atoms with Crippen LogP contribution in [-0.2, 0) is 11.0 Å². The van der Waals surface area contributed by atoms with Gasteiger partial charge in [0.2, 0.25) is 17.6 Å². The molecular weight excluding hydrogens is 414 g/mol. The van der Waals surface area contributed by atoms with Gasteiger partial charge in [0.05, 0.1) is 17.2 Å². The van der Waals surface area contributed by atoms with Gasteiger partial charge in [0.25, 0.3) is 0 Å². The van der Waals surface area contributed by atoms with Gasteiger partial charge in [-0.3, -0.25) is 4.79 Å². The molecule has 0 saturated carbocycles. The summed E-state index contributed by atoms with van der Waals surface area (Å²) in [6.07, 6.45) is -4.41. The second-order valence-corrected chi connectivity index (χ2v) is 6.97. The highest BCUT2D eigenvalue weighted by Crippen LogP contribution is 2.35. The van der Waals surface area contributed by atoms with Crippen molar-refractivity contribution in [2.45, 2.75) is 18.5 Å². The maximum absolute atomic E-state index is 14.1. The van der Waals surface area contributed by atoms with Gasteiger partial charge in [-0.25, -0.2) is 4.39 Å². The van der Waals surface area contributed by atoms with Crippen molar-refractivity contribution in [2.75, 3.05) is 11.4 Å². The molecule has 29 heavy (non-hydrogen) atoms. The number of alkyl halides is 3. The number of nitrogens with zero attached hydrogens (tertiary/aromatic N) is 3. The predicted octanol–water partition coefficient (Wildman–Crippen LogP) is 5.07. The topological polar surface area (TPSA) is 59.2 Å². The van der Waals surface area contributed by atoms with Crippen LogP contribution in [0.25, 0.3) is 11.4 Å². The zero-order chi connectivity index (χ0) is 20.8. The average molecular weight is 426 g/mol. The Labute approximate surface area is 166 Å². The van der Waals surface area contributed by atoms with E-state index in [9.17, 15) is 22.4 Å². The molecule has 3 aromatic rings. The third-order valence-electron chi connectivity index (χ3n) is 4.59. The van der Waals surface area contributed by atoms with E-state index in [1.54, 1.807) is 0 Å². The molecule has 1 amide bonds. The van der Waals surface area contributed by atoms with Crippen LogP contribution in [0.5, 0.6) is 0 Å². The zero-order valence-electron chi connectivity index (χ0n) is 14.6. The molecule has 1 aromatic heterocycles. The van der Waals surface area contributed by atoms with E-state index in [1.165, 1.54) is 35.2 Å². The maximum atomic E-state index is 14.1. The fourth-order valence-corrected chi connectivity index (χ4v) is 3.29. The van der Waals surface area contributed by atoms with Gasteiger partial charge in [-0.15, -0.1) is 0 Å². The lowest BCUT2D eigenvalue weighted by Crippen LogP contribution is -2.25. The lowest BCUT2D eigenvalue weighted by molar-refractivity contribution is -0.137. The largest absolute Gasteiger partial charge is 0.416 e. The van der Waals surface area contributed by atoms with Crippen molar-refractivity contribution in [1.82, 2.24) is 10.1 Å². The maximum Gasteiger partial charge on any atom is 0.416 e. The average Bonchev–Trinajstić information content (AvgIpc) is 3.30. The van der Waals surface area contributed by atoms with Crippen molar-refractivity contribution in [2.24, 2.45) is 0 Å². The Hall–Kier alpha value is -2.94. The van der Waals surface area contributed by atoms with E-state index in [0.29, 0.717) is 10.6 Å². The van der Waals surface area contributed by atoms with Crippen LogP contribution in [0.4, 0.5) is 23.2 Å². The summed E-state index contributed by atoms with van der Waals surface area (Å²) in [4.78, 5) is 17.8. The summed E-state index contributed by atoms with van der Waals surface area (Å²) in [5.74, 6) is -1.13. The van der Waals surface area contributed by atoms with Crippen LogP contribution in [-0.4, -0.2) is 22.6 Å².